The largest absolute Gasteiger partial charge is 0.291 e. The van der Waals surface area contributed by atoms with Crippen LogP contribution in [0.25, 0.3) is 0 Å². The summed E-state index contributed by atoms with van der Waals surface area (Å²) in [6, 6.07) is 24.5. The second-order valence-electron chi connectivity index (χ2n) is 6.39. The van der Waals surface area contributed by atoms with Crippen molar-refractivity contribution in [3.63, 3.8) is 0 Å². The van der Waals surface area contributed by atoms with Gasteiger partial charge in [-0.1, -0.05) is 71.4 Å². The highest BCUT2D eigenvalue weighted by Gasteiger charge is 2.34. The molecule has 0 N–H and O–H groups in total. The number of hydrogen-bond acceptors (Lipinski definition) is 2. The van der Waals surface area contributed by atoms with Gasteiger partial charge in [-0.05, 0) is 43.7 Å². The minimum Gasteiger partial charge on any atom is -0.291 e. The molecule has 2 nitrogen and oxygen atoms in total. The van der Waals surface area contributed by atoms with Crippen molar-refractivity contribution >= 4 is 23.4 Å². The fraction of sp³-hybridized carbons (Fsp3) is 0.136. The summed E-state index contributed by atoms with van der Waals surface area (Å²) in [5.74, 6) is 0.0591. The molecule has 124 valence electrons. The molecule has 1 atom stereocenters. The normalized spacial score (nSPS) is 16.6. The van der Waals surface area contributed by atoms with Crippen LogP contribution in [0.1, 0.15) is 32.4 Å². The van der Waals surface area contributed by atoms with Crippen molar-refractivity contribution in [3.05, 3.63) is 95.1 Å². The smallest absolute Gasteiger partial charge is 0.260 e. The van der Waals surface area contributed by atoms with Crippen molar-refractivity contribution < 1.29 is 4.79 Å². The van der Waals surface area contributed by atoms with Gasteiger partial charge in [0.05, 0.1) is 5.56 Å². The van der Waals surface area contributed by atoms with Crippen molar-refractivity contribution in [3.8, 4) is 0 Å². The van der Waals surface area contributed by atoms with Gasteiger partial charge in [-0.2, -0.15) is 0 Å². The van der Waals surface area contributed by atoms with Crippen LogP contribution in [0.3, 0.4) is 0 Å². The molecular formula is C22H19NOS. The van der Waals surface area contributed by atoms with Crippen LogP contribution in [0.2, 0.25) is 0 Å². The number of nitrogens with zero attached hydrogens (tertiary/aromatic N) is 1. The summed E-state index contributed by atoms with van der Waals surface area (Å²) in [5.41, 5.74) is 5.25. The molecule has 4 rings (SSSR count). The van der Waals surface area contributed by atoms with Gasteiger partial charge in [-0.15, -0.1) is 0 Å². The summed E-state index contributed by atoms with van der Waals surface area (Å²) in [4.78, 5) is 16.2. The van der Waals surface area contributed by atoms with E-state index in [0.717, 1.165) is 21.7 Å². The molecule has 0 aliphatic carbocycles. The summed E-state index contributed by atoms with van der Waals surface area (Å²) in [6.45, 7) is 4.14. The number of carbonyl (C=O) groups is 1. The zero-order chi connectivity index (χ0) is 17.4. The average Bonchev–Trinajstić information content (AvgIpc) is 2.63. The zero-order valence-electron chi connectivity index (χ0n) is 14.3. The fourth-order valence-electron chi connectivity index (χ4n) is 3.06. The molecule has 0 saturated carbocycles. The SMILES string of the molecule is Cc1ccc([C@H]2Sc3ccccc3C(=O)N2c2ccc(C)cc2)cc1. The lowest BCUT2D eigenvalue weighted by Crippen LogP contribution is -2.36. The topological polar surface area (TPSA) is 20.3 Å². The van der Waals surface area contributed by atoms with Gasteiger partial charge in [-0.3, -0.25) is 9.69 Å². The van der Waals surface area contributed by atoms with Crippen LogP contribution in [-0.4, -0.2) is 5.91 Å². The summed E-state index contributed by atoms with van der Waals surface area (Å²) < 4.78 is 0. The molecule has 25 heavy (non-hydrogen) atoms. The lowest BCUT2D eigenvalue weighted by atomic mass is 10.1. The summed E-state index contributed by atoms with van der Waals surface area (Å²) in [6.07, 6.45) is 0. The Bertz CT molecular complexity index is 916. The Morgan fingerprint density at radius 3 is 2.08 bits per heavy atom. The van der Waals surface area contributed by atoms with Gasteiger partial charge in [0.25, 0.3) is 5.91 Å². The first-order valence-corrected chi connectivity index (χ1v) is 9.24. The fourth-order valence-corrected chi connectivity index (χ4v) is 4.36. The molecule has 0 aromatic heterocycles. The molecular weight excluding hydrogens is 326 g/mol. The van der Waals surface area contributed by atoms with Crippen LogP contribution in [0.5, 0.6) is 0 Å². The second-order valence-corrected chi connectivity index (χ2v) is 7.51. The van der Waals surface area contributed by atoms with Crippen molar-refractivity contribution in [1.29, 1.82) is 0 Å². The highest BCUT2D eigenvalue weighted by Crippen LogP contribution is 2.46. The predicted molar refractivity (Wildman–Crippen MR) is 104 cm³/mol. The third kappa shape index (κ3) is 2.96. The lowest BCUT2D eigenvalue weighted by Gasteiger charge is -2.36. The molecule has 0 saturated heterocycles. The van der Waals surface area contributed by atoms with E-state index in [2.05, 4.69) is 50.2 Å². The maximum atomic E-state index is 13.3. The molecule has 0 fully saturated rings. The molecule has 0 spiro atoms. The number of aryl methyl sites for hydroxylation is 2. The van der Waals surface area contributed by atoms with E-state index >= 15 is 0 Å². The molecule has 3 heteroatoms. The lowest BCUT2D eigenvalue weighted by molar-refractivity contribution is 0.0979. The second kappa shape index (κ2) is 6.41. The molecule has 0 unspecified atom stereocenters. The minimum absolute atomic E-state index is 0.0591. The molecule has 0 bridgehead atoms. The Hall–Kier alpha value is -2.52. The number of fused-ring (bicyclic) bond motifs is 1. The number of thioether (sulfide) groups is 1. The van der Waals surface area contributed by atoms with Crippen LogP contribution in [-0.2, 0) is 0 Å². The Balaban J connectivity index is 1.85. The van der Waals surface area contributed by atoms with Crippen LogP contribution in [0.4, 0.5) is 5.69 Å². The quantitative estimate of drug-likeness (QED) is 0.589. The van der Waals surface area contributed by atoms with E-state index in [9.17, 15) is 4.79 Å². The van der Waals surface area contributed by atoms with E-state index in [0.29, 0.717) is 0 Å². The number of rotatable bonds is 2. The summed E-state index contributed by atoms with van der Waals surface area (Å²) >= 11 is 1.73. The van der Waals surface area contributed by atoms with Crippen molar-refractivity contribution in [2.75, 3.05) is 4.90 Å². The Morgan fingerprint density at radius 1 is 0.800 bits per heavy atom. The van der Waals surface area contributed by atoms with Gasteiger partial charge in [-0.25, -0.2) is 0 Å². The minimum atomic E-state index is -0.0642. The van der Waals surface area contributed by atoms with Gasteiger partial charge >= 0.3 is 0 Å². The molecule has 1 aliphatic rings. The third-order valence-corrected chi connectivity index (χ3v) is 5.80. The van der Waals surface area contributed by atoms with E-state index in [1.165, 1.54) is 11.1 Å². The van der Waals surface area contributed by atoms with Gasteiger partial charge in [0.2, 0.25) is 0 Å². The predicted octanol–water partition coefficient (Wildman–Crippen LogP) is 5.75. The number of hydrogen-bond donors (Lipinski definition) is 0. The monoisotopic (exact) mass is 345 g/mol. The number of benzene rings is 3. The van der Waals surface area contributed by atoms with E-state index in [1.807, 2.05) is 41.3 Å². The van der Waals surface area contributed by atoms with Gasteiger partial charge in [0, 0.05) is 10.6 Å². The molecule has 1 amide bonds. The zero-order valence-corrected chi connectivity index (χ0v) is 15.1. The van der Waals surface area contributed by atoms with Crippen LogP contribution < -0.4 is 4.90 Å². The third-order valence-electron chi connectivity index (χ3n) is 4.48. The van der Waals surface area contributed by atoms with Crippen LogP contribution in [0.15, 0.2) is 77.7 Å². The van der Waals surface area contributed by atoms with E-state index in [1.54, 1.807) is 11.8 Å². The number of amides is 1. The number of carbonyl (C=O) groups excluding carboxylic acids is 1. The van der Waals surface area contributed by atoms with E-state index < -0.39 is 0 Å². The van der Waals surface area contributed by atoms with E-state index in [4.69, 9.17) is 0 Å². The van der Waals surface area contributed by atoms with Crippen molar-refractivity contribution in [2.24, 2.45) is 0 Å². The first-order valence-electron chi connectivity index (χ1n) is 8.36. The molecule has 3 aromatic carbocycles. The Labute approximate surface area is 152 Å². The van der Waals surface area contributed by atoms with E-state index in [-0.39, 0.29) is 11.3 Å². The molecule has 3 aromatic rings. The summed E-state index contributed by atoms with van der Waals surface area (Å²) in [7, 11) is 0. The first-order chi connectivity index (χ1) is 12.1. The Morgan fingerprint density at radius 2 is 1.40 bits per heavy atom. The van der Waals surface area contributed by atoms with Crippen molar-refractivity contribution in [2.45, 2.75) is 24.1 Å². The van der Waals surface area contributed by atoms with Crippen LogP contribution >= 0.6 is 11.8 Å². The number of anilines is 1. The Kier molecular flexibility index (Phi) is 4.10. The molecule has 1 aliphatic heterocycles. The summed E-state index contributed by atoms with van der Waals surface area (Å²) in [5, 5.41) is -0.0642. The van der Waals surface area contributed by atoms with Gasteiger partial charge in [0.15, 0.2) is 0 Å². The van der Waals surface area contributed by atoms with Crippen molar-refractivity contribution in [1.82, 2.24) is 0 Å². The molecule has 1 heterocycles. The maximum absolute atomic E-state index is 13.3. The highest BCUT2D eigenvalue weighted by atomic mass is 32.2. The standard InChI is InChI=1S/C22H19NOS/c1-15-7-11-17(12-8-15)22-23(18-13-9-16(2)10-14-18)21(24)19-5-3-4-6-20(19)25-22/h3-14,22H,1-2H3/t22-/m1/s1. The van der Waals surface area contributed by atoms with Gasteiger partial charge < -0.3 is 0 Å². The van der Waals surface area contributed by atoms with Crippen LogP contribution in [0, 0.1) is 13.8 Å². The average molecular weight is 345 g/mol. The first kappa shape index (κ1) is 16.0. The van der Waals surface area contributed by atoms with Gasteiger partial charge in [0.1, 0.15) is 5.37 Å². The maximum Gasteiger partial charge on any atom is 0.260 e. The highest BCUT2D eigenvalue weighted by molar-refractivity contribution is 7.99. The molecule has 0 radical (unpaired) electrons.